The molecule has 3 fully saturated rings. The predicted molar refractivity (Wildman–Crippen MR) is 299 cm³/mol. The maximum Gasteiger partial charge on any atom is 0.261 e. The number of amides is 7. The van der Waals surface area contributed by atoms with E-state index in [2.05, 4.69) is 42.9 Å². The standard InChI is InChI=1S/C55H91N7O20S/c1-4-5-6-7-8-9-10-11-12-13-14-15-16-20-44(71)57-38-25-36(66)27-56-53(76)48-49(72)32(2)28-62(48)55(78)47(41(69)19-17-18-35(30-63)31-64)60-52(75)46(42(70)23-34-21-22-40(68)43(24-34)80-83-82-81-79)59-51(74)39-26-37(67)29-61(39)54(77)45(33(3)65)58-50(38)73/h21-22,24,32-33,35-39,41-42,45-49,63-70,72,79H,4-20,23,25-31H2,1-3H3,(H,56,76)(H,57,71)(H,58,73)(H,59,74)(H,60,75)/t32-,33+,36+,37+,38-,39-,41+,42+,45-,46-,47-,48-,49-/m0/s1. The van der Waals surface area contributed by atoms with Crippen LogP contribution in [0.25, 0.3) is 0 Å². The molecule has 1 aromatic rings. The van der Waals surface area contributed by atoms with E-state index in [0.717, 1.165) is 54.9 Å². The highest BCUT2D eigenvalue weighted by atomic mass is 32.2. The number of hydrogen-bond acceptors (Lipinski definition) is 21. The quantitative estimate of drug-likeness (QED) is 0.0202. The molecule has 28 heteroatoms. The van der Waals surface area contributed by atoms with Crippen molar-refractivity contribution in [1.29, 1.82) is 0 Å². The molecule has 472 valence electrons. The molecule has 0 saturated carbocycles. The summed E-state index contributed by atoms with van der Waals surface area (Å²) in [5, 5.41) is 123. The zero-order chi connectivity index (χ0) is 61.2. The van der Waals surface area contributed by atoms with Crippen molar-refractivity contribution in [2.45, 2.75) is 222 Å². The van der Waals surface area contributed by atoms with Gasteiger partial charge in [0.1, 0.15) is 36.3 Å². The lowest BCUT2D eigenvalue weighted by Crippen LogP contribution is -2.64. The predicted octanol–water partition coefficient (Wildman–Crippen LogP) is -0.357. The molecule has 1 aromatic carbocycles. The second-order valence-electron chi connectivity index (χ2n) is 22.3. The molecule has 7 amide bonds. The number of phenols is 1. The van der Waals surface area contributed by atoms with E-state index in [1.54, 1.807) is 0 Å². The first-order chi connectivity index (χ1) is 39.6. The van der Waals surface area contributed by atoms with Crippen LogP contribution in [-0.4, -0.2) is 208 Å². The minimum atomic E-state index is -2.11. The third kappa shape index (κ3) is 22.4. The number of rotatable bonds is 30. The summed E-state index contributed by atoms with van der Waals surface area (Å²) < 4.78 is 9.35. The number of nitrogens with one attached hydrogen (secondary N) is 5. The Morgan fingerprint density at radius 1 is 0.723 bits per heavy atom. The van der Waals surface area contributed by atoms with Crippen LogP contribution >= 0.6 is 12.3 Å². The average molecular weight is 1200 g/mol. The van der Waals surface area contributed by atoms with E-state index in [1.165, 1.54) is 64.0 Å². The molecule has 83 heavy (non-hydrogen) atoms. The first-order valence-corrected chi connectivity index (χ1v) is 29.8. The van der Waals surface area contributed by atoms with Crippen LogP contribution in [0.4, 0.5) is 0 Å². The van der Waals surface area contributed by atoms with Gasteiger partial charge in [-0.15, -0.1) is 0 Å². The number of fused-ring (bicyclic) bond motifs is 2. The summed E-state index contributed by atoms with van der Waals surface area (Å²) in [6.45, 7) is 2.58. The van der Waals surface area contributed by atoms with Crippen LogP contribution < -0.4 is 30.8 Å². The Labute approximate surface area is 488 Å². The van der Waals surface area contributed by atoms with Crippen LogP contribution in [0.3, 0.4) is 0 Å². The summed E-state index contributed by atoms with van der Waals surface area (Å²) in [7, 11) is 0. The number of aliphatic hydroxyl groups excluding tert-OH is 8. The second kappa shape index (κ2) is 36.8. The van der Waals surface area contributed by atoms with Gasteiger partial charge >= 0.3 is 0 Å². The number of β-amino-alcohol motifs (C(OH)–C–C–N with tert-alkyl or cyclic N) is 1. The third-order valence-corrected chi connectivity index (χ3v) is 15.9. The smallest absolute Gasteiger partial charge is 0.261 e. The van der Waals surface area contributed by atoms with Crippen molar-refractivity contribution in [2.24, 2.45) is 11.8 Å². The Balaban J connectivity index is 1.70. The third-order valence-electron chi connectivity index (χ3n) is 15.6. The van der Waals surface area contributed by atoms with Crippen LogP contribution in [0.15, 0.2) is 18.2 Å². The maximum absolute atomic E-state index is 14.9. The fraction of sp³-hybridized carbons (Fsp3) is 0.764. The number of nitrogens with zero attached hydrogens (tertiary/aromatic N) is 2. The zero-order valence-electron chi connectivity index (χ0n) is 47.8. The number of unbranched alkanes of at least 4 members (excludes halogenated alkanes) is 12. The van der Waals surface area contributed by atoms with Crippen LogP contribution in [-0.2, 0) is 49.4 Å². The largest absolute Gasteiger partial charge is 0.504 e. The van der Waals surface area contributed by atoms with Gasteiger partial charge in [-0.3, -0.25) is 33.6 Å². The lowest BCUT2D eigenvalue weighted by molar-refractivity contribution is -0.433. The van der Waals surface area contributed by atoms with Gasteiger partial charge in [0, 0.05) is 70.4 Å². The minimum absolute atomic E-state index is 0.00791. The first kappa shape index (κ1) is 70.5. The first-order valence-electron chi connectivity index (χ1n) is 29.2. The second-order valence-corrected chi connectivity index (χ2v) is 22.8. The molecule has 0 radical (unpaired) electrons. The normalized spacial score (nSPS) is 26.3. The molecule has 3 heterocycles. The number of aromatic hydroxyl groups is 1. The summed E-state index contributed by atoms with van der Waals surface area (Å²) in [6.07, 6.45) is 2.18. The van der Waals surface area contributed by atoms with Crippen molar-refractivity contribution in [3.8, 4) is 11.5 Å². The van der Waals surface area contributed by atoms with Gasteiger partial charge in [-0.05, 0) is 43.9 Å². The lowest BCUT2D eigenvalue weighted by Gasteiger charge is -2.34. The van der Waals surface area contributed by atoms with Crippen molar-refractivity contribution in [2.75, 3.05) is 32.8 Å². The zero-order valence-corrected chi connectivity index (χ0v) is 48.7. The van der Waals surface area contributed by atoms with Crippen LogP contribution in [0, 0.1) is 11.8 Å². The molecule has 0 aromatic heterocycles. The molecule has 3 aliphatic heterocycles. The van der Waals surface area contributed by atoms with Crippen LogP contribution in [0.1, 0.15) is 148 Å². The average Bonchev–Trinajstić information content (AvgIpc) is 3.92. The van der Waals surface area contributed by atoms with Crippen LogP contribution in [0.2, 0.25) is 0 Å². The molecular weight excluding hydrogens is 1110 g/mol. The highest BCUT2D eigenvalue weighted by Gasteiger charge is 2.50. The molecule has 13 atom stereocenters. The van der Waals surface area contributed by atoms with Gasteiger partial charge in [0.15, 0.2) is 11.5 Å². The van der Waals surface area contributed by atoms with Gasteiger partial charge in [0.2, 0.25) is 41.4 Å². The van der Waals surface area contributed by atoms with Gasteiger partial charge in [-0.2, -0.15) is 0 Å². The minimum Gasteiger partial charge on any atom is -0.504 e. The van der Waals surface area contributed by atoms with Gasteiger partial charge in [-0.1, -0.05) is 113 Å². The Hall–Kier alpha value is -4.98. The molecule has 0 aliphatic carbocycles. The lowest BCUT2D eigenvalue weighted by atomic mass is 9.96. The Bertz CT molecular complexity index is 2200. The highest BCUT2D eigenvalue weighted by Crippen LogP contribution is 2.32. The SMILES string of the molecule is CCCCCCCCCCCCCCCC(=O)N[C@H]1C[C@@H](O)CNC(=O)[C@@H]2[C@@H](O)[C@@H](C)CN2C(=O)[C@H]([C@H](O)CCCC(CO)CO)NC(=O)[C@H]([C@H](O)Cc2ccc(O)c(OSOOO)c2)NC(=O)[C@@H]2C[C@@H](O)CN2C(=O)[C@H]([C@@H](C)O)NC1=O. The summed E-state index contributed by atoms with van der Waals surface area (Å²) in [5.74, 6) is -9.50. The van der Waals surface area contributed by atoms with Gasteiger partial charge in [-0.25, -0.2) is 5.26 Å². The van der Waals surface area contributed by atoms with Crippen LogP contribution in [0.5, 0.6) is 11.5 Å². The molecule has 15 N–H and O–H groups in total. The Morgan fingerprint density at radius 3 is 1.94 bits per heavy atom. The van der Waals surface area contributed by atoms with E-state index >= 15 is 0 Å². The molecule has 4 rings (SSSR count). The van der Waals surface area contributed by atoms with E-state index in [-0.39, 0.29) is 55.9 Å². The highest BCUT2D eigenvalue weighted by molar-refractivity contribution is 7.90. The Kier molecular flexibility index (Phi) is 31.2. The van der Waals surface area contributed by atoms with E-state index in [0.29, 0.717) is 6.42 Å². The van der Waals surface area contributed by atoms with Crippen molar-refractivity contribution >= 4 is 53.7 Å². The number of carbonyl (C=O) groups is 7. The molecule has 3 saturated heterocycles. The topological polar surface area (TPSA) is 416 Å². The summed E-state index contributed by atoms with van der Waals surface area (Å²) >= 11 is 0.0819. The van der Waals surface area contributed by atoms with E-state index in [1.807, 2.05) is 0 Å². The maximum atomic E-state index is 14.9. The number of hydrogen-bond donors (Lipinski definition) is 15. The monoisotopic (exact) mass is 1200 g/mol. The fourth-order valence-electron chi connectivity index (χ4n) is 10.7. The molecule has 27 nitrogen and oxygen atoms in total. The van der Waals surface area contributed by atoms with Crippen molar-refractivity contribution < 1.29 is 98.3 Å². The number of phenolic OH excluding ortho intramolecular Hbond substituents is 1. The van der Waals surface area contributed by atoms with E-state index < -0.39 is 177 Å². The van der Waals surface area contributed by atoms with E-state index in [9.17, 15) is 79.5 Å². The molecule has 0 spiro atoms. The van der Waals surface area contributed by atoms with Gasteiger partial charge < -0.3 is 86.5 Å². The molecule has 0 bridgehead atoms. The summed E-state index contributed by atoms with van der Waals surface area (Å²) in [5.41, 5.74) is 0.131. The van der Waals surface area contributed by atoms with Gasteiger partial charge in [0.25, 0.3) is 12.3 Å². The van der Waals surface area contributed by atoms with Crippen molar-refractivity contribution in [3.05, 3.63) is 23.8 Å². The molecule has 3 aliphatic rings. The van der Waals surface area contributed by atoms with E-state index in [4.69, 9.17) is 9.44 Å². The summed E-state index contributed by atoms with van der Waals surface area (Å²) in [4.78, 5) is 102. The number of carbonyl (C=O) groups excluding carboxylic acids is 7. The molecular formula is C55H91N7O20S. The summed E-state index contributed by atoms with van der Waals surface area (Å²) in [6, 6.07) is -7.32. The molecule has 0 unspecified atom stereocenters. The number of aliphatic hydroxyl groups is 8. The van der Waals surface area contributed by atoms with Gasteiger partial charge in [0.05, 0.1) is 36.6 Å². The van der Waals surface area contributed by atoms with Crippen molar-refractivity contribution in [3.63, 3.8) is 0 Å². The number of benzene rings is 1. The van der Waals surface area contributed by atoms with Crippen molar-refractivity contribution in [1.82, 2.24) is 36.4 Å². The fourth-order valence-corrected chi connectivity index (χ4v) is 10.9. The Morgan fingerprint density at radius 2 is 1.33 bits per heavy atom.